The van der Waals surface area contributed by atoms with Crippen LogP contribution in [0.25, 0.3) is 0 Å². The first-order valence-corrected chi connectivity index (χ1v) is 9.40. The number of benzene rings is 1. The Balaban J connectivity index is 1.73. The minimum atomic E-state index is -3.26. The summed E-state index contributed by atoms with van der Waals surface area (Å²) in [6.07, 6.45) is 1.95. The van der Waals surface area contributed by atoms with E-state index in [9.17, 15) is 8.42 Å². The number of ether oxygens (including phenoxy) is 2. The van der Waals surface area contributed by atoms with Gasteiger partial charge in [0.05, 0.1) is 25.2 Å². The summed E-state index contributed by atoms with van der Waals surface area (Å²) in [5.74, 6) is 0. The lowest BCUT2D eigenvalue weighted by atomic mass is 10.1. The Morgan fingerprint density at radius 2 is 1.91 bits per heavy atom. The summed E-state index contributed by atoms with van der Waals surface area (Å²) >= 11 is 0. The Morgan fingerprint density at radius 3 is 2.64 bits per heavy atom. The third-order valence-corrected chi connectivity index (χ3v) is 5.23. The summed E-state index contributed by atoms with van der Waals surface area (Å²) in [4.78, 5) is 2.26. The molecule has 1 fully saturated rings. The fourth-order valence-electron chi connectivity index (χ4n) is 2.96. The number of rotatable bonds is 4. The normalized spacial score (nSPS) is 20.9. The molecule has 0 amide bonds. The van der Waals surface area contributed by atoms with Gasteiger partial charge in [-0.15, -0.1) is 0 Å². The van der Waals surface area contributed by atoms with Gasteiger partial charge in [0.2, 0.25) is 10.0 Å². The van der Waals surface area contributed by atoms with E-state index in [1.165, 1.54) is 10.6 Å². The van der Waals surface area contributed by atoms with E-state index in [-0.39, 0.29) is 6.29 Å². The highest BCUT2D eigenvalue weighted by Gasteiger charge is 2.26. The molecule has 0 saturated carbocycles. The van der Waals surface area contributed by atoms with E-state index in [2.05, 4.69) is 4.90 Å². The average molecular weight is 326 g/mol. The quantitative estimate of drug-likeness (QED) is 0.827. The van der Waals surface area contributed by atoms with Gasteiger partial charge in [-0.1, -0.05) is 18.2 Å². The first-order chi connectivity index (χ1) is 10.5. The maximum absolute atomic E-state index is 12.0. The number of sulfonamides is 1. The van der Waals surface area contributed by atoms with Crippen molar-refractivity contribution in [2.45, 2.75) is 19.3 Å². The van der Waals surface area contributed by atoms with Gasteiger partial charge in [0.15, 0.2) is 6.29 Å². The molecule has 22 heavy (non-hydrogen) atoms. The molecule has 0 aliphatic carbocycles. The van der Waals surface area contributed by atoms with Crippen LogP contribution >= 0.6 is 0 Å². The van der Waals surface area contributed by atoms with Crippen molar-refractivity contribution in [3.63, 3.8) is 0 Å². The molecule has 0 atom stereocenters. The molecule has 0 bridgehead atoms. The molecule has 2 aliphatic rings. The van der Waals surface area contributed by atoms with Crippen LogP contribution in [0.2, 0.25) is 0 Å². The molecule has 0 N–H and O–H groups in total. The molecule has 1 saturated heterocycles. The van der Waals surface area contributed by atoms with Crippen LogP contribution in [0, 0.1) is 0 Å². The molecule has 1 aromatic carbocycles. The zero-order valence-electron chi connectivity index (χ0n) is 12.8. The van der Waals surface area contributed by atoms with Crippen LogP contribution < -0.4 is 4.31 Å². The van der Waals surface area contributed by atoms with Gasteiger partial charge < -0.3 is 9.47 Å². The van der Waals surface area contributed by atoms with E-state index in [1.807, 2.05) is 24.3 Å². The largest absolute Gasteiger partial charge is 0.350 e. The second-order valence-electron chi connectivity index (χ2n) is 5.70. The van der Waals surface area contributed by atoms with Crippen LogP contribution in [-0.2, 0) is 26.0 Å². The highest BCUT2D eigenvalue weighted by Crippen LogP contribution is 2.27. The van der Waals surface area contributed by atoms with Gasteiger partial charge in [-0.25, -0.2) is 8.42 Å². The third-order valence-electron chi connectivity index (χ3n) is 4.05. The Hall–Kier alpha value is -1.15. The molecule has 7 heteroatoms. The van der Waals surface area contributed by atoms with Gasteiger partial charge in [0.25, 0.3) is 0 Å². The third kappa shape index (κ3) is 3.60. The Kier molecular flexibility index (Phi) is 4.67. The number of nitrogens with zero attached hydrogens (tertiary/aromatic N) is 2. The highest BCUT2D eigenvalue weighted by molar-refractivity contribution is 7.92. The first kappa shape index (κ1) is 15.7. The van der Waals surface area contributed by atoms with Crippen LogP contribution in [0.4, 0.5) is 5.69 Å². The highest BCUT2D eigenvalue weighted by atomic mass is 32.2. The van der Waals surface area contributed by atoms with Crippen LogP contribution in [0.15, 0.2) is 24.3 Å². The van der Waals surface area contributed by atoms with Crippen molar-refractivity contribution in [1.29, 1.82) is 0 Å². The van der Waals surface area contributed by atoms with E-state index < -0.39 is 10.0 Å². The van der Waals surface area contributed by atoms with E-state index in [0.717, 1.165) is 30.8 Å². The maximum Gasteiger partial charge on any atom is 0.232 e. The monoisotopic (exact) mass is 326 g/mol. The van der Waals surface area contributed by atoms with Crippen LogP contribution in [-0.4, -0.2) is 58.7 Å². The topological polar surface area (TPSA) is 59.1 Å². The molecule has 6 nitrogen and oxygen atoms in total. The molecule has 1 aromatic rings. The molecule has 0 unspecified atom stereocenters. The Labute approximate surface area is 131 Å². The second kappa shape index (κ2) is 6.54. The first-order valence-electron chi connectivity index (χ1n) is 7.55. The predicted molar refractivity (Wildman–Crippen MR) is 84.2 cm³/mol. The van der Waals surface area contributed by atoms with E-state index in [1.54, 1.807) is 0 Å². The SMILES string of the molecule is CS(=O)(=O)N1CCN(CCC2OCCO2)Cc2ccccc21. The molecular weight excluding hydrogens is 304 g/mol. The number of hydrogen-bond donors (Lipinski definition) is 0. The van der Waals surface area contributed by atoms with Crippen molar-refractivity contribution >= 4 is 15.7 Å². The van der Waals surface area contributed by atoms with Crippen molar-refractivity contribution in [3.8, 4) is 0 Å². The fraction of sp³-hybridized carbons (Fsp3) is 0.600. The summed E-state index contributed by atoms with van der Waals surface area (Å²) in [6, 6.07) is 7.70. The number of fused-ring (bicyclic) bond motifs is 1. The van der Waals surface area contributed by atoms with Gasteiger partial charge >= 0.3 is 0 Å². The minimum Gasteiger partial charge on any atom is -0.350 e. The lowest BCUT2D eigenvalue weighted by Gasteiger charge is -2.23. The maximum atomic E-state index is 12.0. The molecule has 0 aromatic heterocycles. The summed E-state index contributed by atoms with van der Waals surface area (Å²) in [5, 5.41) is 0. The second-order valence-corrected chi connectivity index (χ2v) is 7.61. The number of anilines is 1. The van der Waals surface area contributed by atoms with Gasteiger partial charge in [-0.2, -0.15) is 0 Å². The average Bonchev–Trinajstić information content (AvgIpc) is 2.90. The van der Waals surface area contributed by atoms with Gasteiger partial charge in [-0.05, 0) is 11.6 Å². The summed E-state index contributed by atoms with van der Waals surface area (Å²) in [7, 11) is -3.26. The smallest absolute Gasteiger partial charge is 0.232 e. The molecule has 0 spiro atoms. The Bertz CT molecular complexity index is 614. The lowest BCUT2D eigenvalue weighted by Crippen LogP contribution is -2.36. The van der Waals surface area contributed by atoms with Crippen molar-refractivity contribution in [2.24, 2.45) is 0 Å². The van der Waals surface area contributed by atoms with Crippen molar-refractivity contribution in [1.82, 2.24) is 4.90 Å². The minimum absolute atomic E-state index is 0.121. The zero-order valence-corrected chi connectivity index (χ0v) is 13.6. The zero-order chi connectivity index (χ0) is 15.6. The van der Waals surface area contributed by atoms with Crippen LogP contribution in [0.3, 0.4) is 0 Å². The summed E-state index contributed by atoms with van der Waals surface area (Å²) < 4.78 is 36.5. The summed E-state index contributed by atoms with van der Waals surface area (Å²) in [5.41, 5.74) is 1.83. The molecule has 0 radical (unpaired) electrons. The lowest BCUT2D eigenvalue weighted by molar-refractivity contribution is -0.0517. The number of hydrogen-bond acceptors (Lipinski definition) is 5. The molecule has 2 aliphatic heterocycles. The van der Waals surface area contributed by atoms with Crippen LogP contribution in [0.5, 0.6) is 0 Å². The van der Waals surface area contributed by atoms with Crippen molar-refractivity contribution in [2.75, 3.05) is 43.4 Å². The molecular formula is C15H22N2O4S. The Morgan fingerprint density at radius 1 is 1.18 bits per heavy atom. The van der Waals surface area contributed by atoms with Gasteiger partial charge in [0.1, 0.15) is 0 Å². The molecule has 122 valence electrons. The van der Waals surface area contributed by atoms with Gasteiger partial charge in [-0.3, -0.25) is 9.21 Å². The van der Waals surface area contributed by atoms with E-state index >= 15 is 0 Å². The standard InChI is InChI=1S/C15H22N2O4S/c1-22(18,19)17-9-8-16(7-6-15-20-10-11-21-15)12-13-4-2-3-5-14(13)17/h2-5,15H,6-12H2,1H3. The fourth-order valence-corrected chi connectivity index (χ4v) is 3.91. The van der Waals surface area contributed by atoms with Gasteiger partial charge in [0, 0.05) is 32.6 Å². The predicted octanol–water partition coefficient (Wildman–Crippen LogP) is 1.03. The molecule has 2 heterocycles. The van der Waals surface area contributed by atoms with Crippen LogP contribution in [0.1, 0.15) is 12.0 Å². The molecule has 3 rings (SSSR count). The summed E-state index contributed by atoms with van der Waals surface area (Å²) in [6.45, 7) is 4.08. The number of para-hydroxylation sites is 1. The van der Waals surface area contributed by atoms with Crippen molar-refractivity contribution in [3.05, 3.63) is 29.8 Å². The van der Waals surface area contributed by atoms with E-state index in [0.29, 0.717) is 26.3 Å². The van der Waals surface area contributed by atoms with Crippen molar-refractivity contribution < 1.29 is 17.9 Å². The van der Waals surface area contributed by atoms with E-state index in [4.69, 9.17) is 9.47 Å².